The van der Waals surface area contributed by atoms with Crippen LogP contribution in [-0.2, 0) is 9.53 Å². The Balaban J connectivity index is 1.89. The molecule has 1 aromatic rings. The molecule has 6 nitrogen and oxygen atoms in total. The van der Waals surface area contributed by atoms with E-state index in [9.17, 15) is 4.79 Å². The Morgan fingerprint density at radius 3 is 2.50 bits per heavy atom. The van der Waals surface area contributed by atoms with Crippen molar-refractivity contribution in [2.75, 3.05) is 52.9 Å². The van der Waals surface area contributed by atoms with Gasteiger partial charge in [-0.25, -0.2) is 0 Å². The highest BCUT2D eigenvalue weighted by Gasteiger charge is 2.23. The number of rotatable bonds is 7. The van der Waals surface area contributed by atoms with Crippen molar-refractivity contribution in [3.63, 3.8) is 0 Å². The minimum Gasteiger partial charge on any atom is -0.497 e. The number of nitrogens with one attached hydrogen (secondary N) is 1. The van der Waals surface area contributed by atoms with Crippen LogP contribution in [0.25, 0.3) is 0 Å². The van der Waals surface area contributed by atoms with Crippen LogP contribution in [0.15, 0.2) is 18.2 Å². The monoisotopic (exact) mass is 308 g/mol. The topological polar surface area (TPSA) is 60.0 Å². The van der Waals surface area contributed by atoms with Crippen molar-refractivity contribution in [2.45, 2.75) is 6.42 Å². The Morgan fingerprint density at radius 1 is 1.23 bits per heavy atom. The Labute approximate surface area is 131 Å². The van der Waals surface area contributed by atoms with Crippen LogP contribution in [0.4, 0.5) is 5.69 Å². The van der Waals surface area contributed by atoms with Crippen LogP contribution < -0.4 is 14.8 Å². The first-order valence-electron chi connectivity index (χ1n) is 7.38. The fraction of sp³-hybridized carbons (Fsp3) is 0.562. The first-order chi connectivity index (χ1) is 10.6. The second-order valence-electron chi connectivity index (χ2n) is 5.49. The molecule has 122 valence electrons. The van der Waals surface area contributed by atoms with Gasteiger partial charge in [0.15, 0.2) is 0 Å². The van der Waals surface area contributed by atoms with E-state index in [1.165, 1.54) is 0 Å². The molecule has 1 aliphatic heterocycles. The lowest BCUT2D eigenvalue weighted by atomic mass is 10.1. The summed E-state index contributed by atoms with van der Waals surface area (Å²) in [6.45, 7) is 2.98. The summed E-state index contributed by atoms with van der Waals surface area (Å²) < 4.78 is 15.6. The predicted molar refractivity (Wildman–Crippen MR) is 84.6 cm³/mol. The number of hydrogen-bond donors (Lipinski definition) is 1. The Morgan fingerprint density at radius 2 is 1.91 bits per heavy atom. The number of amides is 1. The molecule has 0 bridgehead atoms. The number of carbonyl (C=O) groups is 1. The fourth-order valence-electron chi connectivity index (χ4n) is 2.71. The molecule has 22 heavy (non-hydrogen) atoms. The summed E-state index contributed by atoms with van der Waals surface area (Å²) in [5, 5.41) is 2.89. The summed E-state index contributed by atoms with van der Waals surface area (Å²) in [7, 11) is 4.88. The molecule has 1 amide bonds. The maximum Gasteiger partial charge on any atom is 0.238 e. The second-order valence-corrected chi connectivity index (χ2v) is 5.49. The van der Waals surface area contributed by atoms with Crippen LogP contribution in [0.3, 0.4) is 0 Å². The Hall–Kier alpha value is -1.79. The van der Waals surface area contributed by atoms with E-state index in [0.717, 1.165) is 26.1 Å². The lowest BCUT2D eigenvalue weighted by molar-refractivity contribution is -0.117. The average Bonchev–Trinajstić information content (AvgIpc) is 2.94. The first kappa shape index (κ1) is 16.6. The molecule has 2 rings (SSSR count). The number of nitrogens with zero attached hydrogens (tertiary/aromatic N) is 1. The van der Waals surface area contributed by atoms with E-state index in [-0.39, 0.29) is 5.91 Å². The Kier molecular flexibility index (Phi) is 6.03. The number of ether oxygens (including phenoxy) is 3. The molecule has 6 heteroatoms. The van der Waals surface area contributed by atoms with E-state index >= 15 is 0 Å². The van der Waals surface area contributed by atoms with E-state index in [1.807, 2.05) is 0 Å². The fourth-order valence-corrected chi connectivity index (χ4v) is 2.71. The van der Waals surface area contributed by atoms with E-state index in [4.69, 9.17) is 14.2 Å². The lowest BCUT2D eigenvalue weighted by Gasteiger charge is -2.16. The van der Waals surface area contributed by atoms with Crippen molar-refractivity contribution in [3.8, 4) is 11.5 Å². The Bertz CT molecular complexity index is 485. The van der Waals surface area contributed by atoms with Gasteiger partial charge < -0.3 is 19.5 Å². The van der Waals surface area contributed by atoms with Crippen molar-refractivity contribution in [3.05, 3.63) is 18.2 Å². The lowest BCUT2D eigenvalue weighted by Crippen LogP contribution is -2.32. The van der Waals surface area contributed by atoms with Gasteiger partial charge in [0.25, 0.3) is 0 Å². The van der Waals surface area contributed by atoms with Gasteiger partial charge in [-0.15, -0.1) is 0 Å². The molecule has 0 aromatic heterocycles. The third-order valence-electron chi connectivity index (χ3n) is 3.77. The third-order valence-corrected chi connectivity index (χ3v) is 3.77. The van der Waals surface area contributed by atoms with Gasteiger partial charge in [-0.1, -0.05) is 0 Å². The SMILES string of the molecule is COC[C@H]1CCN(CC(=O)Nc2cc(OC)cc(OC)c2)C1. The van der Waals surface area contributed by atoms with Crippen molar-refractivity contribution in [1.82, 2.24) is 4.90 Å². The zero-order valence-electron chi connectivity index (χ0n) is 13.4. The van der Waals surface area contributed by atoms with Crippen molar-refractivity contribution in [2.24, 2.45) is 5.92 Å². The van der Waals surface area contributed by atoms with Crippen molar-refractivity contribution in [1.29, 1.82) is 0 Å². The van der Waals surface area contributed by atoms with E-state index < -0.39 is 0 Å². The van der Waals surface area contributed by atoms with Crippen LogP contribution in [0.5, 0.6) is 11.5 Å². The average molecular weight is 308 g/mol. The number of hydrogen-bond acceptors (Lipinski definition) is 5. The summed E-state index contributed by atoms with van der Waals surface area (Å²) in [6.07, 6.45) is 1.08. The molecule has 1 aromatic carbocycles. The van der Waals surface area contributed by atoms with Gasteiger partial charge in [0.2, 0.25) is 5.91 Å². The number of likely N-dealkylation sites (tertiary alicyclic amines) is 1. The van der Waals surface area contributed by atoms with Gasteiger partial charge >= 0.3 is 0 Å². The van der Waals surface area contributed by atoms with Crippen molar-refractivity contribution < 1.29 is 19.0 Å². The van der Waals surface area contributed by atoms with E-state index in [0.29, 0.717) is 29.6 Å². The molecule has 1 aliphatic rings. The molecule has 0 aliphatic carbocycles. The van der Waals surface area contributed by atoms with Gasteiger partial charge in [-0.05, 0) is 18.9 Å². The molecule has 0 unspecified atom stereocenters. The maximum atomic E-state index is 12.2. The summed E-state index contributed by atoms with van der Waals surface area (Å²) >= 11 is 0. The quantitative estimate of drug-likeness (QED) is 0.829. The standard InChI is InChI=1S/C16H24N2O4/c1-20-11-12-4-5-18(9-12)10-16(19)17-13-6-14(21-2)8-15(7-13)22-3/h6-8,12H,4-5,9-11H2,1-3H3,(H,17,19)/t12-/m0/s1. The zero-order valence-corrected chi connectivity index (χ0v) is 13.4. The summed E-state index contributed by atoms with van der Waals surface area (Å²) in [6, 6.07) is 5.32. The molecule has 1 N–H and O–H groups in total. The van der Waals surface area contributed by atoms with Crippen LogP contribution in [0.2, 0.25) is 0 Å². The van der Waals surface area contributed by atoms with Gasteiger partial charge in [-0.3, -0.25) is 9.69 Å². The number of benzene rings is 1. The highest BCUT2D eigenvalue weighted by atomic mass is 16.5. The second kappa shape index (κ2) is 8.00. The van der Waals surface area contributed by atoms with Crippen LogP contribution in [0, 0.1) is 5.92 Å². The largest absolute Gasteiger partial charge is 0.497 e. The number of methoxy groups -OCH3 is 3. The van der Waals surface area contributed by atoms with Gasteiger partial charge in [0.1, 0.15) is 11.5 Å². The molecule has 1 heterocycles. The maximum absolute atomic E-state index is 12.2. The van der Waals surface area contributed by atoms with Gasteiger partial charge in [0, 0.05) is 37.5 Å². The first-order valence-corrected chi connectivity index (χ1v) is 7.38. The minimum absolute atomic E-state index is 0.0339. The summed E-state index contributed by atoms with van der Waals surface area (Å²) in [5.74, 6) is 1.79. The zero-order chi connectivity index (χ0) is 15.9. The van der Waals surface area contributed by atoms with Crippen molar-refractivity contribution >= 4 is 11.6 Å². The molecular weight excluding hydrogens is 284 g/mol. The van der Waals surface area contributed by atoms with Crippen LogP contribution in [-0.4, -0.2) is 58.4 Å². The van der Waals surface area contributed by atoms with Crippen LogP contribution >= 0.6 is 0 Å². The normalized spacial score (nSPS) is 18.2. The predicted octanol–water partition coefficient (Wildman–Crippen LogP) is 1.61. The third kappa shape index (κ3) is 4.61. The van der Waals surface area contributed by atoms with Gasteiger partial charge in [-0.2, -0.15) is 0 Å². The molecular formula is C16H24N2O4. The van der Waals surface area contributed by atoms with Gasteiger partial charge in [0.05, 0.1) is 27.4 Å². The molecule has 0 saturated carbocycles. The summed E-state index contributed by atoms with van der Waals surface area (Å²) in [4.78, 5) is 14.3. The molecule has 1 saturated heterocycles. The number of anilines is 1. The molecule has 1 fully saturated rings. The summed E-state index contributed by atoms with van der Waals surface area (Å²) in [5.41, 5.74) is 0.675. The molecule has 0 radical (unpaired) electrons. The highest BCUT2D eigenvalue weighted by molar-refractivity contribution is 5.92. The minimum atomic E-state index is -0.0339. The molecule has 0 spiro atoms. The van der Waals surface area contributed by atoms with E-state index in [2.05, 4.69) is 10.2 Å². The highest BCUT2D eigenvalue weighted by Crippen LogP contribution is 2.25. The smallest absolute Gasteiger partial charge is 0.238 e. The number of carbonyl (C=O) groups excluding carboxylic acids is 1. The van der Waals surface area contributed by atoms with Crippen LogP contribution in [0.1, 0.15) is 6.42 Å². The van der Waals surface area contributed by atoms with E-state index in [1.54, 1.807) is 39.5 Å². The molecule has 1 atom stereocenters.